The third-order valence-electron chi connectivity index (χ3n) is 6.69. The fraction of sp³-hybridized carbons (Fsp3) is 0.609. The first-order valence-corrected chi connectivity index (χ1v) is 11.0. The van der Waals surface area contributed by atoms with Crippen LogP contribution in [-0.4, -0.2) is 65.4 Å². The maximum atomic E-state index is 12.8. The Hall–Kier alpha value is -2.41. The van der Waals surface area contributed by atoms with Gasteiger partial charge in [0.15, 0.2) is 0 Å². The lowest BCUT2D eigenvalue weighted by Crippen LogP contribution is -2.46. The van der Waals surface area contributed by atoms with Crippen molar-refractivity contribution in [2.24, 2.45) is 23.5 Å². The SMILES string of the molecule is NC(=O)C1CCN(CCC2CN(C(=O)Cc3ccccc3)CCC2CC(=O)O)CC1. The fourth-order valence-corrected chi connectivity index (χ4v) is 4.80. The highest BCUT2D eigenvalue weighted by Crippen LogP contribution is 2.30. The summed E-state index contributed by atoms with van der Waals surface area (Å²) >= 11 is 0. The molecule has 0 saturated carbocycles. The number of rotatable bonds is 8. The van der Waals surface area contributed by atoms with Gasteiger partial charge in [-0.15, -0.1) is 0 Å². The zero-order valence-corrected chi connectivity index (χ0v) is 17.5. The van der Waals surface area contributed by atoms with Crippen LogP contribution in [0.3, 0.4) is 0 Å². The van der Waals surface area contributed by atoms with Crippen molar-refractivity contribution >= 4 is 17.8 Å². The lowest BCUT2D eigenvalue weighted by atomic mass is 9.80. The molecule has 2 atom stereocenters. The highest BCUT2D eigenvalue weighted by molar-refractivity contribution is 5.79. The van der Waals surface area contributed by atoms with Gasteiger partial charge < -0.3 is 20.6 Å². The summed E-state index contributed by atoms with van der Waals surface area (Å²) in [4.78, 5) is 39.7. The number of carboxylic acids is 1. The van der Waals surface area contributed by atoms with E-state index in [9.17, 15) is 19.5 Å². The number of benzene rings is 1. The second kappa shape index (κ2) is 10.6. The maximum Gasteiger partial charge on any atom is 0.303 e. The molecule has 1 aromatic rings. The number of likely N-dealkylation sites (tertiary alicyclic amines) is 2. The Morgan fingerprint density at radius 3 is 2.33 bits per heavy atom. The van der Waals surface area contributed by atoms with Gasteiger partial charge in [-0.05, 0) is 62.7 Å². The molecule has 3 rings (SSSR count). The van der Waals surface area contributed by atoms with E-state index in [-0.39, 0.29) is 36.0 Å². The van der Waals surface area contributed by atoms with Gasteiger partial charge >= 0.3 is 5.97 Å². The van der Waals surface area contributed by atoms with E-state index in [0.29, 0.717) is 19.5 Å². The topological polar surface area (TPSA) is 104 Å². The van der Waals surface area contributed by atoms with Crippen molar-refractivity contribution in [1.29, 1.82) is 0 Å². The standard InChI is InChI=1S/C23H33N3O4/c24-23(30)18-6-10-25(11-7-18)12-8-20-16-26(13-9-19(20)15-22(28)29)21(27)14-17-4-2-1-3-5-17/h1-5,18-20H,6-16H2,(H2,24,30)(H,28,29). The predicted molar refractivity (Wildman–Crippen MR) is 114 cm³/mol. The van der Waals surface area contributed by atoms with E-state index in [1.165, 1.54) is 0 Å². The number of piperidine rings is 2. The first-order chi connectivity index (χ1) is 14.4. The van der Waals surface area contributed by atoms with Crippen molar-refractivity contribution in [3.05, 3.63) is 35.9 Å². The average Bonchev–Trinajstić information content (AvgIpc) is 2.73. The van der Waals surface area contributed by atoms with Gasteiger partial charge in [0.1, 0.15) is 0 Å². The molecule has 0 radical (unpaired) electrons. The van der Waals surface area contributed by atoms with E-state index in [1.807, 2.05) is 35.2 Å². The Morgan fingerprint density at radius 1 is 1.00 bits per heavy atom. The normalized spacial score (nSPS) is 23.3. The second-order valence-corrected chi connectivity index (χ2v) is 8.72. The van der Waals surface area contributed by atoms with Crippen molar-refractivity contribution in [1.82, 2.24) is 9.80 Å². The van der Waals surface area contributed by atoms with Crippen LogP contribution in [0.5, 0.6) is 0 Å². The molecule has 3 N–H and O–H groups in total. The largest absolute Gasteiger partial charge is 0.481 e. The molecule has 2 aliphatic heterocycles. The highest BCUT2D eigenvalue weighted by Gasteiger charge is 2.33. The first kappa shape index (κ1) is 22.3. The van der Waals surface area contributed by atoms with Gasteiger partial charge in [-0.25, -0.2) is 0 Å². The van der Waals surface area contributed by atoms with Crippen molar-refractivity contribution < 1.29 is 19.5 Å². The molecule has 2 aliphatic rings. The maximum absolute atomic E-state index is 12.8. The summed E-state index contributed by atoms with van der Waals surface area (Å²) in [6.45, 7) is 3.82. The van der Waals surface area contributed by atoms with Gasteiger partial charge in [0, 0.05) is 25.4 Å². The molecule has 0 aromatic heterocycles. The van der Waals surface area contributed by atoms with Crippen LogP contribution in [0, 0.1) is 17.8 Å². The van der Waals surface area contributed by atoms with Gasteiger partial charge in [-0.3, -0.25) is 14.4 Å². The summed E-state index contributed by atoms with van der Waals surface area (Å²) in [5.74, 6) is -0.605. The minimum absolute atomic E-state index is 0.0261. The molecule has 1 aromatic carbocycles. The van der Waals surface area contributed by atoms with Crippen molar-refractivity contribution in [3.63, 3.8) is 0 Å². The van der Waals surface area contributed by atoms with E-state index < -0.39 is 5.97 Å². The summed E-state index contributed by atoms with van der Waals surface area (Å²) < 4.78 is 0. The van der Waals surface area contributed by atoms with Crippen LogP contribution >= 0.6 is 0 Å². The number of nitrogens with zero attached hydrogens (tertiary/aromatic N) is 2. The molecule has 2 fully saturated rings. The van der Waals surface area contributed by atoms with Crippen LogP contribution in [0.25, 0.3) is 0 Å². The Bertz CT molecular complexity index is 731. The van der Waals surface area contributed by atoms with Gasteiger partial charge in [-0.1, -0.05) is 30.3 Å². The van der Waals surface area contributed by atoms with E-state index in [4.69, 9.17) is 5.73 Å². The molecule has 2 heterocycles. The highest BCUT2D eigenvalue weighted by atomic mass is 16.4. The number of primary amides is 1. The van der Waals surface area contributed by atoms with Crippen LogP contribution in [-0.2, 0) is 20.8 Å². The Morgan fingerprint density at radius 2 is 1.70 bits per heavy atom. The average molecular weight is 416 g/mol. The lowest BCUT2D eigenvalue weighted by Gasteiger charge is -2.40. The van der Waals surface area contributed by atoms with Crippen LogP contribution in [0.15, 0.2) is 30.3 Å². The summed E-state index contributed by atoms with van der Waals surface area (Å²) in [6.07, 6.45) is 3.74. The Labute approximate surface area is 178 Å². The molecular weight excluding hydrogens is 382 g/mol. The summed E-state index contributed by atoms with van der Waals surface area (Å²) in [7, 11) is 0. The minimum atomic E-state index is -0.767. The summed E-state index contributed by atoms with van der Waals surface area (Å²) in [5.41, 5.74) is 6.42. The molecule has 2 unspecified atom stereocenters. The lowest BCUT2D eigenvalue weighted by molar-refractivity contribution is -0.140. The number of amides is 2. The fourth-order valence-electron chi connectivity index (χ4n) is 4.80. The third kappa shape index (κ3) is 6.29. The molecule has 7 nitrogen and oxygen atoms in total. The monoisotopic (exact) mass is 415 g/mol. The number of hydrogen-bond donors (Lipinski definition) is 2. The molecule has 2 saturated heterocycles. The van der Waals surface area contributed by atoms with Crippen molar-refractivity contribution in [2.75, 3.05) is 32.7 Å². The molecule has 0 spiro atoms. The number of nitrogens with two attached hydrogens (primary N) is 1. The quantitative estimate of drug-likeness (QED) is 0.673. The first-order valence-electron chi connectivity index (χ1n) is 11.0. The van der Waals surface area contributed by atoms with Crippen LogP contribution < -0.4 is 5.73 Å². The van der Waals surface area contributed by atoms with Gasteiger partial charge in [0.25, 0.3) is 0 Å². The third-order valence-corrected chi connectivity index (χ3v) is 6.69. The number of hydrogen-bond acceptors (Lipinski definition) is 4. The van der Waals surface area contributed by atoms with E-state index in [1.54, 1.807) is 0 Å². The van der Waals surface area contributed by atoms with Crippen LogP contribution in [0.4, 0.5) is 0 Å². The predicted octanol–water partition coefficient (Wildman–Crippen LogP) is 1.76. The number of carbonyl (C=O) groups is 3. The summed E-state index contributed by atoms with van der Waals surface area (Å²) in [5, 5.41) is 9.32. The van der Waals surface area contributed by atoms with Crippen LogP contribution in [0.1, 0.15) is 37.7 Å². The minimum Gasteiger partial charge on any atom is -0.481 e. The van der Waals surface area contributed by atoms with Gasteiger partial charge in [-0.2, -0.15) is 0 Å². The zero-order valence-electron chi connectivity index (χ0n) is 17.5. The molecular formula is C23H33N3O4. The molecule has 164 valence electrons. The van der Waals surface area contributed by atoms with Crippen molar-refractivity contribution in [3.8, 4) is 0 Å². The van der Waals surface area contributed by atoms with Gasteiger partial charge in [0.2, 0.25) is 11.8 Å². The Kier molecular flexibility index (Phi) is 7.85. The number of carbonyl (C=O) groups excluding carboxylic acids is 2. The second-order valence-electron chi connectivity index (χ2n) is 8.72. The number of aliphatic carboxylic acids is 1. The zero-order chi connectivity index (χ0) is 21.5. The molecule has 2 amide bonds. The Balaban J connectivity index is 1.55. The van der Waals surface area contributed by atoms with E-state index >= 15 is 0 Å². The van der Waals surface area contributed by atoms with Crippen molar-refractivity contribution in [2.45, 2.75) is 38.5 Å². The molecule has 0 bridgehead atoms. The van der Waals surface area contributed by atoms with E-state index in [2.05, 4.69) is 4.90 Å². The smallest absolute Gasteiger partial charge is 0.303 e. The van der Waals surface area contributed by atoms with E-state index in [0.717, 1.165) is 50.9 Å². The molecule has 0 aliphatic carbocycles. The molecule has 30 heavy (non-hydrogen) atoms. The van der Waals surface area contributed by atoms with Gasteiger partial charge in [0.05, 0.1) is 6.42 Å². The molecule has 7 heteroatoms. The summed E-state index contributed by atoms with van der Waals surface area (Å²) in [6, 6.07) is 9.73. The number of carboxylic acid groups (broad SMARTS) is 1. The van der Waals surface area contributed by atoms with Crippen LogP contribution in [0.2, 0.25) is 0 Å².